The molecule has 0 spiro atoms. The second kappa shape index (κ2) is 3.76. The fourth-order valence-electron chi connectivity index (χ4n) is 1.39. The van der Waals surface area contributed by atoms with Gasteiger partial charge in [-0.1, -0.05) is 23.7 Å². The molecular formula is C11H8ClN3. The van der Waals surface area contributed by atoms with Crippen molar-refractivity contribution in [3.05, 3.63) is 41.0 Å². The molecule has 15 heavy (non-hydrogen) atoms. The molecule has 0 atom stereocenters. The van der Waals surface area contributed by atoms with Crippen molar-refractivity contribution in [2.75, 3.05) is 0 Å². The molecule has 1 aromatic carbocycles. The van der Waals surface area contributed by atoms with E-state index in [1.165, 1.54) is 0 Å². The average Bonchev–Trinajstić information content (AvgIpc) is 2.61. The van der Waals surface area contributed by atoms with Gasteiger partial charge in [0.25, 0.3) is 0 Å². The quantitative estimate of drug-likeness (QED) is 0.737. The number of nitrogens with zero attached hydrogens (tertiary/aromatic N) is 3. The second-order valence-electron chi connectivity index (χ2n) is 3.18. The van der Waals surface area contributed by atoms with Crippen LogP contribution in [0.3, 0.4) is 0 Å². The predicted molar refractivity (Wildman–Crippen MR) is 58.4 cm³/mol. The van der Waals surface area contributed by atoms with E-state index in [4.69, 9.17) is 16.9 Å². The van der Waals surface area contributed by atoms with Crippen molar-refractivity contribution in [2.45, 2.75) is 0 Å². The summed E-state index contributed by atoms with van der Waals surface area (Å²) in [5, 5.41) is 13.8. The number of hydrogen-bond donors (Lipinski definition) is 0. The van der Waals surface area contributed by atoms with Crippen LogP contribution in [0, 0.1) is 11.3 Å². The minimum absolute atomic E-state index is 0.569. The molecule has 0 bridgehead atoms. The van der Waals surface area contributed by atoms with Gasteiger partial charge in [-0.25, -0.2) is 0 Å². The summed E-state index contributed by atoms with van der Waals surface area (Å²) in [6.07, 6.45) is 1.70. The third-order valence-corrected chi connectivity index (χ3v) is 2.32. The highest BCUT2D eigenvalue weighted by Gasteiger charge is 2.08. The first-order valence-corrected chi connectivity index (χ1v) is 4.78. The predicted octanol–water partition coefficient (Wildman–Crippen LogP) is 2.61. The van der Waals surface area contributed by atoms with Gasteiger partial charge >= 0.3 is 0 Å². The maximum atomic E-state index is 8.92. The van der Waals surface area contributed by atoms with Crippen LogP contribution in [0.2, 0.25) is 5.02 Å². The minimum atomic E-state index is 0.569. The van der Waals surface area contributed by atoms with E-state index in [0.717, 1.165) is 5.56 Å². The Morgan fingerprint density at radius 2 is 2.00 bits per heavy atom. The summed E-state index contributed by atoms with van der Waals surface area (Å²) < 4.78 is 1.63. The van der Waals surface area contributed by atoms with Crippen LogP contribution < -0.4 is 0 Å². The lowest BCUT2D eigenvalue weighted by atomic mass is 10.1. The molecule has 0 saturated heterocycles. The first kappa shape index (κ1) is 9.75. The van der Waals surface area contributed by atoms with Gasteiger partial charge in [0.2, 0.25) is 0 Å². The summed E-state index contributed by atoms with van der Waals surface area (Å²) in [5.41, 5.74) is 2.16. The Balaban J connectivity index is 2.54. The molecule has 0 aliphatic rings. The fourth-order valence-corrected chi connectivity index (χ4v) is 1.52. The molecule has 0 N–H and O–H groups in total. The molecule has 0 fully saturated rings. The number of aromatic nitrogens is 2. The van der Waals surface area contributed by atoms with Crippen molar-refractivity contribution < 1.29 is 0 Å². The zero-order valence-corrected chi connectivity index (χ0v) is 8.86. The molecule has 74 valence electrons. The molecule has 2 aromatic rings. The van der Waals surface area contributed by atoms with E-state index in [1.54, 1.807) is 30.1 Å². The Labute approximate surface area is 92.5 Å². The molecule has 1 heterocycles. The third-order valence-electron chi connectivity index (χ3n) is 2.07. The summed E-state index contributed by atoms with van der Waals surface area (Å²) in [7, 11) is 1.79. The number of aryl methyl sites for hydroxylation is 1. The summed E-state index contributed by atoms with van der Waals surface area (Å²) >= 11 is 5.79. The van der Waals surface area contributed by atoms with Crippen molar-refractivity contribution in [2.24, 2.45) is 7.05 Å². The van der Waals surface area contributed by atoms with Gasteiger partial charge in [0.05, 0.1) is 5.56 Å². The summed E-state index contributed by atoms with van der Waals surface area (Å²) in [6.45, 7) is 0. The number of halogens is 1. The molecule has 0 aliphatic carbocycles. The van der Waals surface area contributed by atoms with E-state index in [9.17, 15) is 0 Å². The smallest absolute Gasteiger partial charge is 0.110 e. The van der Waals surface area contributed by atoms with Gasteiger partial charge in [0.1, 0.15) is 11.8 Å². The topological polar surface area (TPSA) is 41.6 Å². The fraction of sp³-hybridized carbons (Fsp3) is 0.0909. The van der Waals surface area contributed by atoms with Crippen LogP contribution >= 0.6 is 11.6 Å². The van der Waals surface area contributed by atoms with Crippen LogP contribution in [-0.4, -0.2) is 9.78 Å². The monoisotopic (exact) mass is 217 g/mol. The molecule has 0 amide bonds. The van der Waals surface area contributed by atoms with E-state index >= 15 is 0 Å². The highest BCUT2D eigenvalue weighted by atomic mass is 35.5. The highest BCUT2D eigenvalue weighted by Crippen LogP contribution is 2.22. The zero-order valence-electron chi connectivity index (χ0n) is 8.11. The highest BCUT2D eigenvalue weighted by molar-refractivity contribution is 6.30. The minimum Gasteiger partial charge on any atom is -0.274 e. The van der Waals surface area contributed by atoms with Crippen LogP contribution in [0.1, 0.15) is 5.56 Å². The van der Waals surface area contributed by atoms with Gasteiger partial charge in [-0.15, -0.1) is 0 Å². The Bertz CT molecular complexity index is 520. The van der Waals surface area contributed by atoms with Crippen LogP contribution in [-0.2, 0) is 7.05 Å². The lowest BCUT2D eigenvalue weighted by Crippen LogP contribution is -1.87. The third kappa shape index (κ3) is 1.85. The van der Waals surface area contributed by atoms with E-state index in [1.807, 2.05) is 12.1 Å². The Morgan fingerprint density at radius 3 is 2.60 bits per heavy atom. The van der Waals surface area contributed by atoms with Crippen LogP contribution in [0.15, 0.2) is 30.5 Å². The van der Waals surface area contributed by atoms with Crippen molar-refractivity contribution in [3.8, 4) is 17.3 Å². The van der Waals surface area contributed by atoms with E-state index in [2.05, 4.69) is 11.2 Å². The zero-order chi connectivity index (χ0) is 10.8. The number of benzene rings is 1. The van der Waals surface area contributed by atoms with E-state index in [0.29, 0.717) is 16.3 Å². The van der Waals surface area contributed by atoms with Crippen LogP contribution in [0.4, 0.5) is 0 Å². The molecule has 1 aromatic heterocycles. The Morgan fingerprint density at radius 1 is 1.33 bits per heavy atom. The molecule has 0 unspecified atom stereocenters. The van der Waals surface area contributed by atoms with Crippen LogP contribution in [0.25, 0.3) is 11.3 Å². The van der Waals surface area contributed by atoms with Crippen molar-refractivity contribution in [3.63, 3.8) is 0 Å². The first-order chi connectivity index (χ1) is 7.20. The van der Waals surface area contributed by atoms with Gasteiger partial charge in [-0.05, 0) is 12.1 Å². The van der Waals surface area contributed by atoms with Gasteiger partial charge in [0, 0.05) is 23.8 Å². The van der Waals surface area contributed by atoms with Crippen molar-refractivity contribution in [1.29, 1.82) is 5.26 Å². The molecule has 0 radical (unpaired) electrons. The molecule has 4 heteroatoms. The van der Waals surface area contributed by atoms with Gasteiger partial charge in [-0.3, -0.25) is 4.68 Å². The van der Waals surface area contributed by atoms with E-state index < -0.39 is 0 Å². The molecule has 0 saturated carbocycles. The normalized spacial score (nSPS) is 9.93. The SMILES string of the molecule is Cn1cc(C#N)c(-c2ccc(Cl)cc2)n1. The maximum absolute atomic E-state index is 8.92. The van der Waals surface area contributed by atoms with Gasteiger partial charge in [0.15, 0.2) is 0 Å². The molecule has 0 aliphatic heterocycles. The van der Waals surface area contributed by atoms with E-state index in [-0.39, 0.29) is 0 Å². The van der Waals surface area contributed by atoms with Crippen LogP contribution in [0.5, 0.6) is 0 Å². The Hall–Kier alpha value is -1.79. The number of rotatable bonds is 1. The first-order valence-electron chi connectivity index (χ1n) is 4.40. The lowest BCUT2D eigenvalue weighted by Gasteiger charge is -1.96. The molecular weight excluding hydrogens is 210 g/mol. The average molecular weight is 218 g/mol. The second-order valence-corrected chi connectivity index (χ2v) is 3.62. The lowest BCUT2D eigenvalue weighted by molar-refractivity contribution is 0.770. The number of nitriles is 1. The summed E-state index contributed by atoms with van der Waals surface area (Å²) in [6, 6.07) is 9.39. The number of hydrogen-bond acceptors (Lipinski definition) is 2. The van der Waals surface area contributed by atoms with Gasteiger partial charge in [-0.2, -0.15) is 10.4 Å². The summed E-state index contributed by atoms with van der Waals surface area (Å²) in [5.74, 6) is 0. The van der Waals surface area contributed by atoms with Crippen molar-refractivity contribution in [1.82, 2.24) is 9.78 Å². The standard InChI is InChI=1S/C11H8ClN3/c1-15-7-9(6-13)11(14-15)8-2-4-10(12)5-3-8/h2-5,7H,1H3. The maximum Gasteiger partial charge on any atom is 0.110 e. The molecule has 2 rings (SSSR count). The van der Waals surface area contributed by atoms with Crippen molar-refractivity contribution >= 4 is 11.6 Å². The molecule has 3 nitrogen and oxygen atoms in total. The Kier molecular flexibility index (Phi) is 2.44. The largest absolute Gasteiger partial charge is 0.274 e. The summed E-state index contributed by atoms with van der Waals surface area (Å²) in [4.78, 5) is 0. The van der Waals surface area contributed by atoms with Gasteiger partial charge < -0.3 is 0 Å².